The van der Waals surface area contributed by atoms with Crippen LogP contribution in [-0.2, 0) is 12.8 Å². The standard InChI is InChI=1S/C43H64N2/c1-3-5-7-8-9-10-11-12-13-14-15-16-17-18-19-20-21-22-23-24-25-30-40-31-26-27-32-42(40)43(33-28-38-45-44)41-36-34-39(35-37-41)29-6-4-2/h22-23,26-28,31-37H,3-21,24-25,29-30H2,1-2H3. The molecule has 0 bridgehead atoms. The molecule has 0 saturated heterocycles. The zero-order valence-electron chi connectivity index (χ0n) is 29.1. The average molecular weight is 609 g/mol. The number of hydrogen-bond acceptors (Lipinski definition) is 0. The summed E-state index contributed by atoms with van der Waals surface area (Å²) in [7, 11) is 0. The van der Waals surface area contributed by atoms with Crippen molar-refractivity contribution in [3.63, 3.8) is 0 Å². The minimum Gasteiger partial charge on any atom is -0.348 e. The van der Waals surface area contributed by atoms with Gasteiger partial charge in [0, 0.05) is 0 Å². The van der Waals surface area contributed by atoms with Gasteiger partial charge in [0.25, 0.3) is 5.87 Å². The molecule has 2 rings (SSSR count). The molecule has 0 atom stereocenters. The van der Waals surface area contributed by atoms with Gasteiger partial charge in [-0.25, -0.2) is 0 Å². The summed E-state index contributed by atoms with van der Waals surface area (Å²) in [4.78, 5) is 3.04. The van der Waals surface area contributed by atoms with Crippen LogP contribution in [0.1, 0.15) is 171 Å². The largest absolute Gasteiger partial charge is 0.348 e. The normalized spacial score (nSPS) is 11.6. The van der Waals surface area contributed by atoms with Crippen molar-refractivity contribution < 1.29 is 4.79 Å². The van der Waals surface area contributed by atoms with Crippen LogP contribution in [0.3, 0.4) is 0 Å². The Morgan fingerprint density at radius 2 is 1.13 bits per heavy atom. The monoisotopic (exact) mass is 609 g/mol. The molecule has 0 fully saturated rings. The minimum atomic E-state index is 1.04. The third kappa shape index (κ3) is 18.6. The lowest BCUT2D eigenvalue weighted by molar-refractivity contribution is 0.00805. The van der Waals surface area contributed by atoms with E-state index in [0.29, 0.717) is 0 Å². The molecule has 0 amide bonds. The van der Waals surface area contributed by atoms with Crippen LogP contribution >= 0.6 is 0 Å². The lowest BCUT2D eigenvalue weighted by Gasteiger charge is -2.14. The smallest absolute Gasteiger partial charge is 0.299 e. The van der Waals surface area contributed by atoms with Gasteiger partial charge in [-0.1, -0.05) is 177 Å². The van der Waals surface area contributed by atoms with Crippen molar-refractivity contribution in [1.82, 2.24) is 0 Å². The lowest BCUT2D eigenvalue weighted by Crippen LogP contribution is -1.96. The molecule has 0 radical (unpaired) electrons. The van der Waals surface area contributed by atoms with Crippen LogP contribution in [0.4, 0.5) is 0 Å². The van der Waals surface area contributed by atoms with E-state index >= 15 is 0 Å². The van der Waals surface area contributed by atoms with Gasteiger partial charge in [0.05, 0.1) is 6.08 Å². The molecule has 246 valence electrons. The van der Waals surface area contributed by atoms with Gasteiger partial charge in [-0.3, -0.25) is 0 Å². The summed E-state index contributed by atoms with van der Waals surface area (Å²) in [6, 6.07) is 17.7. The molecule has 45 heavy (non-hydrogen) atoms. The molecule has 0 aliphatic heterocycles. The first kappa shape index (κ1) is 38.3. The van der Waals surface area contributed by atoms with Gasteiger partial charge in [0.15, 0.2) is 0 Å². The fraction of sp³-hybridized carbons (Fsp3) is 0.581. The Balaban J connectivity index is 1.63. The fourth-order valence-electron chi connectivity index (χ4n) is 6.18. The molecule has 0 N–H and O–H groups in total. The topological polar surface area (TPSA) is 36.4 Å². The summed E-state index contributed by atoms with van der Waals surface area (Å²) in [5.41, 5.74) is 15.2. The third-order valence-electron chi connectivity index (χ3n) is 8.98. The first-order valence-corrected chi connectivity index (χ1v) is 18.8. The molecule has 2 heteroatoms. The number of aryl methyl sites for hydroxylation is 2. The van der Waals surface area contributed by atoms with Crippen molar-refractivity contribution in [2.75, 3.05) is 0 Å². The maximum absolute atomic E-state index is 8.88. The predicted octanol–water partition coefficient (Wildman–Crippen LogP) is 13.4. The number of rotatable bonds is 27. The van der Waals surface area contributed by atoms with Crippen molar-refractivity contribution in [1.29, 1.82) is 0 Å². The van der Waals surface area contributed by atoms with E-state index < -0.39 is 0 Å². The van der Waals surface area contributed by atoms with Crippen LogP contribution in [0.2, 0.25) is 0 Å². The van der Waals surface area contributed by atoms with Crippen LogP contribution in [0.5, 0.6) is 0 Å². The molecule has 0 aliphatic carbocycles. The highest BCUT2D eigenvalue weighted by Gasteiger charge is 2.10. The fourth-order valence-corrected chi connectivity index (χ4v) is 6.18. The maximum atomic E-state index is 8.88. The summed E-state index contributed by atoms with van der Waals surface area (Å²) in [5.74, 6) is 2.56. The van der Waals surface area contributed by atoms with Crippen LogP contribution in [0.15, 0.2) is 72.8 Å². The van der Waals surface area contributed by atoms with E-state index in [0.717, 1.165) is 31.3 Å². The van der Waals surface area contributed by atoms with E-state index in [9.17, 15) is 0 Å². The van der Waals surface area contributed by atoms with Gasteiger partial charge in [-0.15, -0.1) is 4.79 Å². The van der Waals surface area contributed by atoms with E-state index in [1.807, 2.05) is 6.08 Å². The molecule has 0 saturated carbocycles. The average Bonchev–Trinajstić information content (AvgIpc) is 3.07. The Hall–Kier alpha value is -2.92. The quantitative estimate of drug-likeness (QED) is 0.0242. The van der Waals surface area contributed by atoms with E-state index in [-0.39, 0.29) is 0 Å². The van der Waals surface area contributed by atoms with Gasteiger partial charge in [-0.2, -0.15) is 0 Å². The molecule has 2 aromatic rings. The van der Waals surface area contributed by atoms with Crippen molar-refractivity contribution in [3.05, 3.63) is 101 Å². The van der Waals surface area contributed by atoms with Gasteiger partial charge in [0.1, 0.15) is 0 Å². The highest BCUT2D eigenvalue weighted by molar-refractivity contribution is 5.83. The molecule has 0 spiro atoms. The van der Waals surface area contributed by atoms with E-state index in [1.54, 1.807) is 6.08 Å². The number of unbranched alkanes of at least 4 members (excludes halogenated alkanes) is 18. The lowest BCUT2D eigenvalue weighted by atomic mass is 9.90. The molecular weight excluding hydrogens is 544 g/mol. The molecule has 0 aliphatic rings. The van der Waals surface area contributed by atoms with E-state index in [1.165, 1.54) is 144 Å². The van der Waals surface area contributed by atoms with Crippen LogP contribution < -0.4 is 0 Å². The zero-order valence-corrected chi connectivity index (χ0v) is 29.1. The maximum Gasteiger partial charge on any atom is 0.299 e. The summed E-state index contributed by atoms with van der Waals surface area (Å²) >= 11 is 0. The molecule has 0 unspecified atom stereocenters. The SMILES string of the molecule is CCCCCCCCCCCCCCCCCCC=CCCCc1ccccc1C(=CC=C=[N+]=[N-])c1ccc(CCCC)cc1. The van der Waals surface area contributed by atoms with Crippen LogP contribution in [0, 0.1) is 0 Å². The Kier molecular flexibility index (Phi) is 23.3. The molecular formula is C43H64N2. The number of hydrogen-bond donors (Lipinski definition) is 0. The van der Waals surface area contributed by atoms with Gasteiger partial charge >= 0.3 is 0 Å². The Labute approximate surface area is 277 Å². The summed E-state index contributed by atoms with van der Waals surface area (Å²) in [6.45, 7) is 4.53. The second kappa shape index (κ2) is 27.4. The number of nitrogens with zero attached hydrogens (tertiary/aromatic N) is 2. The molecule has 2 aromatic carbocycles. The number of allylic oxidation sites excluding steroid dienone is 4. The number of benzene rings is 2. The first-order valence-electron chi connectivity index (χ1n) is 18.8. The molecule has 0 aromatic heterocycles. The Morgan fingerprint density at radius 3 is 1.71 bits per heavy atom. The second-order valence-electron chi connectivity index (χ2n) is 12.9. The van der Waals surface area contributed by atoms with Crippen molar-refractivity contribution in [2.24, 2.45) is 0 Å². The zero-order chi connectivity index (χ0) is 32.0. The van der Waals surface area contributed by atoms with Crippen LogP contribution in [-0.4, -0.2) is 10.7 Å². The second-order valence-corrected chi connectivity index (χ2v) is 12.9. The molecule has 2 nitrogen and oxygen atoms in total. The predicted molar refractivity (Wildman–Crippen MR) is 198 cm³/mol. The van der Waals surface area contributed by atoms with Crippen molar-refractivity contribution in [3.8, 4) is 0 Å². The first-order chi connectivity index (χ1) is 22.3. The summed E-state index contributed by atoms with van der Waals surface area (Å²) in [5, 5.41) is 0. The molecule has 0 heterocycles. The summed E-state index contributed by atoms with van der Waals surface area (Å²) in [6.07, 6.45) is 39.4. The van der Waals surface area contributed by atoms with E-state index in [2.05, 4.69) is 85.2 Å². The Bertz CT molecular complexity index is 1140. The van der Waals surface area contributed by atoms with E-state index in [4.69, 9.17) is 5.53 Å². The van der Waals surface area contributed by atoms with Gasteiger partial charge in [0.2, 0.25) is 0 Å². The highest BCUT2D eigenvalue weighted by Crippen LogP contribution is 2.28. The van der Waals surface area contributed by atoms with Crippen LogP contribution in [0.25, 0.3) is 11.1 Å². The van der Waals surface area contributed by atoms with Crippen molar-refractivity contribution >= 4 is 11.4 Å². The third-order valence-corrected chi connectivity index (χ3v) is 8.98. The summed E-state index contributed by atoms with van der Waals surface area (Å²) < 4.78 is 0. The highest BCUT2D eigenvalue weighted by atomic mass is 14.8. The Morgan fingerprint density at radius 1 is 0.600 bits per heavy atom. The van der Waals surface area contributed by atoms with Gasteiger partial charge < -0.3 is 5.53 Å². The van der Waals surface area contributed by atoms with Gasteiger partial charge in [-0.05, 0) is 78.8 Å². The van der Waals surface area contributed by atoms with Crippen molar-refractivity contribution in [2.45, 2.75) is 162 Å². The minimum absolute atomic E-state index is 1.04.